The van der Waals surface area contributed by atoms with Crippen molar-refractivity contribution in [1.82, 2.24) is 0 Å². The third kappa shape index (κ3) is 1.18. The van der Waals surface area contributed by atoms with Gasteiger partial charge < -0.3 is 0 Å². The Morgan fingerprint density at radius 2 is 1.25 bits per heavy atom. The highest BCUT2D eigenvalue weighted by atomic mass is 14.1. The predicted octanol–water partition coefficient (Wildman–Crippen LogP) is 1.53. The van der Waals surface area contributed by atoms with Gasteiger partial charge in [0.25, 0.3) is 0 Å². The Bertz CT molecular complexity index is 348. The van der Waals surface area contributed by atoms with Crippen molar-refractivity contribution in [1.29, 1.82) is 0 Å². The van der Waals surface area contributed by atoms with Crippen LogP contribution >= 0.6 is 0 Å². The van der Waals surface area contributed by atoms with Gasteiger partial charge in [-0.05, 0) is 22.3 Å². The van der Waals surface area contributed by atoms with Gasteiger partial charge in [-0.1, -0.05) is 50.3 Å². The lowest BCUT2D eigenvalue weighted by Gasteiger charge is -2.15. The number of hydrogen-bond donors (Lipinski definition) is 0. The van der Waals surface area contributed by atoms with Crippen LogP contribution in [0, 0.1) is 11.8 Å². The summed E-state index contributed by atoms with van der Waals surface area (Å²) < 4.78 is 0. The molecular weight excluding hydrogens is 144 g/mol. The van der Waals surface area contributed by atoms with E-state index in [1.54, 1.807) is 0 Å². The normalized spacial score (nSPS) is 26.8. The second-order valence-corrected chi connectivity index (χ2v) is 3.68. The topological polar surface area (TPSA) is 0 Å². The summed E-state index contributed by atoms with van der Waals surface area (Å²) in [4.78, 5) is 0. The van der Waals surface area contributed by atoms with Crippen molar-refractivity contribution in [2.24, 2.45) is 11.8 Å². The van der Waals surface area contributed by atoms with Crippen LogP contribution in [0.15, 0.2) is 24.3 Å². The lowest BCUT2D eigenvalue weighted by Crippen LogP contribution is -2.30. The molecule has 1 aliphatic carbocycles. The summed E-state index contributed by atoms with van der Waals surface area (Å²) in [5, 5.41) is 2.78. The van der Waals surface area contributed by atoms with Crippen molar-refractivity contribution in [2.45, 2.75) is 13.8 Å². The summed E-state index contributed by atoms with van der Waals surface area (Å²) in [6, 6.07) is 8.58. The zero-order chi connectivity index (χ0) is 8.55. The Morgan fingerprint density at radius 1 is 0.833 bits per heavy atom. The molecule has 0 radical (unpaired) electrons. The number of fused-ring (bicyclic) bond motifs is 1. The third-order valence-electron chi connectivity index (χ3n) is 2.71. The molecule has 0 nitrogen and oxygen atoms in total. The average molecular weight is 158 g/mol. The van der Waals surface area contributed by atoms with E-state index in [0.717, 1.165) is 0 Å². The third-order valence-corrected chi connectivity index (χ3v) is 2.71. The van der Waals surface area contributed by atoms with E-state index in [0.29, 0.717) is 11.8 Å². The second-order valence-electron chi connectivity index (χ2n) is 3.68. The fourth-order valence-electron chi connectivity index (χ4n) is 1.68. The molecule has 12 heavy (non-hydrogen) atoms. The lowest BCUT2D eigenvalue weighted by molar-refractivity contribution is 0.608. The van der Waals surface area contributed by atoms with E-state index in [1.165, 1.54) is 10.4 Å². The van der Waals surface area contributed by atoms with Crippen LogP contribution in [0.1, 0.15) is 13.8 Å². The van der Waals surface area contributed by atoms with Crippen molar-refractivity contribution in [3.63, 3.8) is 0 Å². The smallest absolute Gasteiger partial charge is 0.0192 e. The molecule has 0 bridgehead atoms. The van der Waals surface area contributed by atoms with Crippen LogP contribution in [0.5, 0.6) is 0 Å². The molecule has 0 aromatic heterocycles. The van der Waals surface area contributed by atoms with E-state index in [1.807, 2.05) is 0 Å². The van der Waals surface area contributed by atoms with Gasteiger partial charge in [-0.25, -0.2) is 0 Å². The first kappa shape index (κ1) is 7.60. The van der Waals surface area contributed by atoms with Crippen molar-refractivity contribution < 1.29 is 0 Å². The van der Waals surface area contributed by atoms with E-state index < -0.39 is 0 Å². The highest BCUT2D eigenvalue weighted by Gasteiger charge is 2.09. The predicted molar refractivity (Wildman–Crippen MR) is 53.0 cm³/mol. The average Bonchev–Trinajstić information content (AvgIpc) is 2.07. The molecule has 0 heteroatoms. The first-order valence-corrected chi connectivity index (χ1v) is 4.56. The molecule has 0 aliphatic heterocycles. The van der Waals surface area contributed by atoms with Gasteiger partial charge in [0.15, 0.2) is 0 Å². The molecule has 0 N–H and O–H groups in total. The van der Waals surface area contributed by atoms with E-state index in [2.05, 4.69) is 50.3 Å². The molecule has 1 aromatic rings. The molecular formula is C12H14. The van der Waals surface area contributed by atoms with Gasteiger partial charge in [0.1, 0.15) is 0 Å². The fraction of sp³-hybridized carbons (Fsp3) is 0.333. The largest absolute Gasteiger partial charge is 0.0733 e. The molecule has 2 atom stereocenters. The molecule has 0 amide bonds. The monoisotopic (exact) mass is 158 g/mol. The minimum Gasteiger partial charge on any atom is -0.0733 e. The molecule has 2 unspecified atom stereocenters. The van der Waals surface area contributed by atoms with Gasteiger partial charge in [-0.15, -0.1) is 0 Å². The van der Waals surface area contributed by atoms with Crippen LogP contribution in [0.2, 0.25) is 0 Å². The lowest BCUT2D eigenvalue weighted by atomic mass is 9.90. The van der Waals surface area contributed by atoms with Crippen LogP contribution < -0.4 is 10.4 Å². The molecule has 2 rings (SSSR count). The first-order valence-electron chi connectivity index (χ1n) is 4.56. The van der Waals surface area contributed by atoms with Gasteiger partial charge in [-0.2, -0.15) is 0 Å². The Kier molecular flexibility index (Phi) is 1.76. The molecule has 0 spiro atoms. The maximum absolute atomic E-state index is 2.36. The Balaban J connectivity index is 2.70. The maximum Gasteiger partial charge on any atom is -0.0192 e. The van der Waals surface area contributed by atoms with Crippen molar-refractivity contribution in [3.05, 3.63) is 34.7 Å². The molecule has 1 aromatic carbocycles. The first-order chi connectivity index (χ1) is 5.77. The molecule has 1 aliphatic rings. The maximum atomic E-state index is 2.36. The zero-order valence-electron chi connectivity index (χ0n) is 7.62. The van der Waals surface area contributed by atoms with Crippen LogP contribution in [0.25, 0.3) is 12.2 Å². The minimum atomic E-state index is 0.680. The van der Waals surface area contributed by atoms with E-state index >= 15 is 0 Å². The summed E-state index contributed by atoms with van der Waals surface area (Å²) in [7, 11) is 0. The van der Waals surface area contributed by atoms with Crippen molar-refractivity contribution in [3.8, 4) is 0 Å². The molecule has 0 saturated heterocycles. The van der Waals surface area contributed by atoms with Gasteiger partial charge >= 0.3 is 0 Å². The summed E-state index contributed by atoms with van der Waals surface area (Å²) in [5.74, 6) is 1.36. The zero-order valence-corrected chi connectivity index (χ0v) is 7.62. The summed E-state index contributed by atoms with van der Waals surface area (Å²) in [6.07, 6.45) is 4.72. The van der Waals surface area contributed by atoms with Gasteiger partial charge in [-0.3, -0.25) is 0 Å². The van der Waals surface area contributed by atoms with Crippen molar-refractivity contribution >= 4 is 12.2 Å². The highest BCUT2D eigenvalue weighted by Crippen LogP contribution is 2.14. The van der Waals surface area contributed by atoms with E-state index in [-0.39, 0.29) is 0 Å². The summed E-state index contributed by atoms with van der Waals surface area (Å²) >= 11 is 0. The molecule has 0 heterocycles. The standard InChI is InChI=1S/C12H14/c1-9-7-11-5-3-4-6-12(11)8-10(9)2/h3-10H,1-2H3. The van der Waals surface area contributed by atoms with Gasteiger partial charge in [0, 0.05) is 0 Å². The second kappa shape index (κ2) is 2.78. The number of benzene rings is 1. The molecule has 0 saturated carbocycles. The minimum absolute atomic E-state index is 0.680. The highest BCUT2D eigenvalue weighted by molar-refractivity contribution is 5.41. The fourth-order valence-corrected chi connectivity index (χ4v) is 1.68. The van der Waals surface area contributed by atoms with E-state index in [9.17, 15) is 0 Å². The number of rotatable bonds is 0. The van der Waals surface area contributed by atoms with Crippen molar-refractivity contribution in [2.75, 3.05) is 0 Å². The Morgan fingerprint density at radius 3 is 1.67 bits per heavy atom. The number of hydrogen-bond acceptors (Lipinski definition) is 0. The van der Waals surface area contributed by atoms with Crippen LogP contribution in [0.4, 0.5) is 0 Å². The Labute approximate surface area is 73.2 Å². The van der Waals surface area contributed by atoms with Crippen LogP contribution in [-0.4, -0.2) is 0 Å². The molecule has 62 valence electrons. The summed E-state index contributed by atoms with van der Waals surface area (Å²) in [6.45, 7) is 4.55. The molecule has 0 fully saturated rings. The van der Waals surface area contributed by atoms with Crippen LogP contribution in [-0.2, 0) is 0 Å². The van der Waals surface area contributed by atoms with Gasteiger partial charge in [0.2, 0.25) is 0 Å². The summed E-state index contributed by atoms with van der Waals surface area (Å²) in [5.41, 5.74) is 0. The van der Waals surface area contributed by atoms with E-state index in [4.69, 9.17) is 0 Å². The SMILES string of the molecule is CC1C=c2ccccc2=CC1C. The Hall–Kier alpha value is -1.04. The van der Waals surface area contributed by atoms with Gasteiger partial charge in [0.05, 0.1) is 0 Å². The van der Waals surface area contributed by atoms with Crippen LogP contribution in [0.3, 0.4) is 0 Å². The quantitative estimate of drug-likeness (QED) is 0.537.